The number of hydrogen-bond donors (Lipinski definition) is 2. The van der Waals surface area contributed by atoms with E-state index in [2.05, 4.69) is 5.32 Å². The summed E-state index contributed by atoms with van der Waals surface area (Å²) in [6.45, 7) is 3.41. The molecule has 3 heterocycles. The van der Waals surface area contributed by atoms with Crippen LogP contribution in [0, 0.1) is 5.82 Å². The van der Waals surface area contributed by atoms with Gasteiger partial charge in [-0.25, -0.2) is 9.18 Å². The Morgan fingerprint density at radius 1 is 1.38 bits per heavy atom. The van der Waals surface area contributed by atoms with Crippen molar-refractivity contribution in [1.29, 1.82) is 0 Å². The van der Waals surface area contributed by atoms with Crippen molar-refractivity contribution in [2.45, 2.75) is 31.8 Å². The summed E-state index contributed by atoms with van der Waals surface area (Å²) in [5, 5.41) is 12.8. The van der Waals surface area contributed by atoms with Crippen molar-refractivity contribution >= 4 is 22.6 Å². The molecule has 7 nitrogen and oxygen atoms in total. The van der Waals surface area contributed by atoms with Crippen molar-refractivity contribution in [3.05, 3.63) is 45.0 Å². The number of ether oxygens (including phenoxy) is 1. The molecule has 0 saturated carbocycles. The number of aromatic nitrogens is 1. The van der Waals surface area contributed by atoms with Crippen LogP contribution in [0.15, 0.2) is 28.2 Å². The van der Waals surface area contributed by atoms with Crippen LogP contribution in [-0.4, -0.2) is 48.4 Å². The number of likely N-dealkylation sites (N-methyl/N-ethyl adjacent to an activating group) is 1. The second-order valence-corrected chi connectivity index (χ2v) is 8.04. The molecule has 29 heavy (non-hydrogen) atoms. The molecule has 0 bridgehead atoms. The lowest BCUT2D eigenvalue weighted by Gasteiger charge is -2.31. The zero-order valence-electron chi connectivity index (χ0n) is 16.3. The zero-order chi connectivity index (χ0) is 20.4. The fraction of sp³-hybridized carbons (Fsp3) is 0.429. The van der Waals surface area contributed by atoms with Crippen LogP contribution in [0.4, 0.5) is 10.1 Å². The molecule has 5 rings (SSSR count). The number of rotatable bonds is 3. The van der Waals surface area contributed by atoms with E-state index in [1.165, 1.54) is 23.4 Å². The lowest BCUT2D eigenvalue weighted by Crippen LogP contribution is -2.32. The first-order valence-corrected chi connectivity index (χ1v) is 9.81. The number of aromatic carboxylic acids is 1. The molecule has 8 heteroatoms. The van der Waals surface area contributed by atoms with Gasteiger partial charge in [-0.3, -0.25) is 4.79 Å². The van der Waals surface area contributed by atoms with E-state index in [4.69, 9.17) is 4.74 Å². The maximum Gasteiger partial charge on any atom is 0.341 e. The van der Waals surface area contributed by atoms with Gasteiger partial charge in [-0.05, 0) is 44.0 Å². The molecule has 2 aromatic rings. The van der Waals surface area contributed by atoms with Crippen molar-refractivity contribution in [1.82, 2.24) is 9.88 Å². The standard InChI is InChI=1S/C21H22FN3O4/c1-10-9-29-20-17-12(19(26)14(21(27)28)8-25(10)17)5-15(22)18(20)24-6-11-3-4-16(23-2)13(11)7-24/h5,8,10,16,23H,3-4,6-7,9H2,1-2H3,(H,27,28)/t10-,16?/m0/s1. The van der Waals surface area contributed by atoms with Crippen LogP contribution >= 0.6 is 0 Å². The second-order valence-electron chi connectivity index (χ2n) is 8.04. The predicted octanol–water partition coefficient (Wildman–Crippen LogP) is 2.29. The number of carboxylic acid groups (broad SMARTS) is 1. The van der Waals surface area contributed by atoms with Gasteiger partial charge in [0.2, 0.25) is 5.43 Å². The van der Waals surface area contributed by atoms with E-state index in [1.807, 2.05) is 18.9 Å². The Morgan fingerprint density at radius 2 is 2.17 bits per heavy atom. The normalized spacial score (nSPS) is 22.9. The second kappa shape index (κ2) is 6.32. The predicted molar refractivity (Wildman–Crippen MR) is 107 cm³/mol. The zero-order valence-corrected chi connectivity index (χ0v) is 16.3. The van der Waals surface area contributed by atoms with E-state index in [0.717, 1.165) is 12.8 Å². The molecule has 1 aromatic carbocycles. The van der Waals surface area contributed by atoms with E-state index in [9.17, 15) is 14.7 Å². The van der Waals surface area contributed by atoms with Gasteiger partial charge >= 0.3 is 5.97 Å². The minimum Gasteiger partial charge on any atom is -0.487 e. The number of anilines is 1. The van der Waals surface area contributed by atoms with Crippen LogP contribution in [0.3, 0.4) is 0 Å². The number of hydrogen-bond acceptors (Lipinski definition) is 5. The first-order chi connectivity index (χ1) is 13.9. The van der Waals surface area contributed by atoms with Crippen LogP contribution < -0.4 is 20.4 Å². The first-order valence-electron chi connectivity index (χ1n) is 9.81. The summed E-state index contributed by atoms with van der Waals surface area (Å²) in [7, 11) is 1.94. The molecule has 1 unspecified atom stereocenters. The topological polar surface area (TPSA) is 83.8 Å². The number of carbonyl (C=O) groups is 1. The molecule has 0 radical (unpaired) electrons. The molecule has 2 aliphatic heterocycles. The third-order valence-corrected chi connectivity index (χ3v) is 6.39. The number of benzene rings is 1. The van der Waals surface area contributed by atoms with Gasteiger partial charge in [0.25, 0.3) is 0 Å². The van der Waals surface area contributed by atoms with E-state index in [-0.39, 0.29) is 23.6 Å². The molecule has 0 saturated heterocycles. The summed E-state index contributed by atoms with van der Waals surface area (Å²) in [4.78, 5) is 26.2. The van der Waals surface area contributed by atoms with Crippen molar-refractivity contribution in [3.63, 3.8) is 0 Å². The summed E-state index contributed by atoms with van der Waals surface area (Å²) in [6.07, 6.45) is 3.41. The number of pyridine rings is 1. The molecule has 152 valence electrons. The monoisotopic (exact) mass is 399 g/mol. The average molecular weight is 399 g/mol. The Bertz CT molecular complexity index is 1150. The molecule has 2 N–H and O–H groups in total. The number of halogens is 1. The summed E-state index contributed by atoms with van der Waals surface area (Å²) in [6, 6.07) is 1.31. The van der Waals surface area contributed by atoms with Crippen molar-refractivity contribution < 1.29 is 19.0 Å². The largest absolute Gasteiger partial charge is 0.487 e. The van der Waals surface area contributed by atoms with Gasteiger partial charge in [-0.15, -0.1) is 0 Å². The molecule has 3 aliphatic rings. The highest BCUT2D eigenvalue weighted by Crippen LogP contribution is 2.45. The number of nitrogens with one attached hydrogen (secondary N) is 1. The van der Waals surface area contributed by atoms with E-state index >= 15 is 4.39 Å². The quantitative estimate of drug-likeness (QED) is 0.771. The van der Waals surface area contributed by atoms with Crippen LogP contribution in [0.5, 0.6) is 5.75 Å². The third-order valence-electron chi connectivity index (χ3n) is 6.39. The smallest absolute Gasteiger partial charge is 0.341 e. The van der Waals surface area contributed by atoms with Crippen LogP contribution in [-0.2, 0) is 0 Å². The van der Waals surface area contributed by atoms with E-state index in [1.54, 1.807) is 4.57 Å². The van der Waals surface area contributed by atoms with Crippen LogP contribution in [0.2, 0.25) is 0 Å². The maximum atomic E-state index is 15.3. The molecule has 2 atom stereocenters. The molecule has 1 aliphatic carbocycles. The molecule has 0 spiro atoms. The lowest BCUT2D eigenvalue weighted by atomic mass is 10.1. The van der Waals surface area contributed by atoms with E-state index in [0.29, 0.717) is 36.1 Å². The number of nitrogens with zero attached hydrogens (tertiary/aromatic N) is 2. The fourth-order valence-electron chi connectivity index (χ4n) is 4.93. The summed E-state index contributed by atoms with van der Waals surface area (Å²) in [5.41, 5.74) is 2.41. The molecular weight excluding hydrogens is 377 g/mol. The fourth-order valence-corrected chi connectivity index (χ4v) is 4.93. The molecule has 0 fully saturated rings. The molecule has 1 aromatic heterocycles. The first kappa shape index (κ1) is 18.2. The highest BCUT2D eigenvalue weighted by atomic mass is 19.1. The Balaban J connectivity index is 1.70. The highest BCUT2D eigenvalue weighted by Gasteiger charge is 2.36. The molecular formula is C21H22FN3O4. The summed E-state index contributed by atoms with van der Waals surface area (Å²) < 4.78 is 23.0. The Morgan fingerprint density at radius 3 is 2.90 bits per heavy atom. The van der Waals surface area contributed by atoms with Gasteiger partial charge in [0.1, 0.15) is 17.9 Å². The Hall–Kier alpha value is -2.87. The molecule has 0 amide bonds. The summed E-state index contributed by atoms with van der Waals surface area (Å²) in [5.74, 6) is -1.55. The van der Waals surface area contributed by atoms with Crippen LogP contribution in [0.1, 0.15) is 36.2 Å². The number of carboxylic acids is 1. The van der Waals surface area contributed by atoms with Gasteiger partial charge < -0.3 is 24.6 Å². The summed E-state index contributed by atoms with van der Waals surface area (Å²) >= 11 is 0. The Kier molecular flexibility index (Phi) is 3.96. The van der Waals surface area contributed by atoms with E-state index < -0.39 is 17.2 Å². The Labute approximate surface area is 166 Å². The minimum atomic E-state index is -1.32. The SMILES string of the molecule is CNC1CCC2=C1CN(c1c(F)cc3c(=O)c(C(=O)O)cn4c3c1OC[C@@H]4C)C2. The van der Waals surface area contributed by atoms with Gasteiger partial charge in [0.05, 0.1) is 16.9 Å². The van der Waals surface area contributed by atoms with Gasteiger partial charge in [-0.1, -0.05) is 0 Å². The van der Waals surface area contributed by atoms with Crippen molar-refractivity contribution in [3.8, 4) is 5.75 Å². The van der Waals surface area contributed by atoms with Gasteiger partial charge in [-0.2, -0.15) is 0 Å². The van der Waals surface area contributed by atoms with Crippen molar-refractivity contribution in [2.24, 2.45) is 0 Å². The van der Waals surface area contributed by atoms with Gasteiger partial charge in [0, 0.05) is 25.3 Å². The lowest BCUT2D eigenvalue weighted by molar-refractivity contribution is 0.0694. The highest BCUT2D eigenvalue weighted by molar-refractivity contribution is 5.97. The minimum absolute atomic E-state index is 0.0421. The van der Waals surface area contributed by atoms with Gasteiger partial charge in [0.15, 0.2) is 11.6 Å². The van der Waals surface area contributed by atoms with Crippen molar-refractivity contribution in [2.75, 3.05) is 31.6 Å². The van der Waals surface area contributed by atoms with Crippen LogP contribution in [0.25, 0.3) is 10.9 Å². The maximum absolute atomic E-state index is 15.3. The average Bonchev–Trinajstić information content (AvgIpc) is 3.26. The third kappa shape index (κ3) is 2.51.